The van der Waals surface area contributed by atoms with E-state index in [1.165, 1.54) is 31.3 Å². The summed E-state index contributed by atoms with van der Waals surface area (Å²) >= 11 is 0. The molecule has 1 unspecified atom stereocenters. The first kappa shape index (κ1) is 19.0. The highest BCUT2D eigenvalue weighted by molar-refractivity contribution is 7.89. The van der Waals surface area contributed by atoms with E-state index in [2.05, 4.69) is 4.72 Å². The molecule has 1 fully saturated rings. The Balaban J connectivity index is 1.64. The minimum absolute atomic E-state index is 0.0272. The van der Waals surface area contributed by atoms with Crippen LogP contribution in [0.4, 0.5) is 10.5 Å². The number of anilines is 1. The number of cyclic esters (lactones) is 1. The highest BCUT2D eigenvalue weighted by Gasteiger charge is 2.33. The molecule has 2 aromatic carbocycles. The average Bonchev–Trinajstić information content (AvgIpc) is 3.07. The van der Waals surface area contributed by atoms with Gasteiger partial charge >= 0.3 is 6.09 Å². The maximum atomic E-state index is 12.4. The molecule has 0 radical (unpaired) electrons. The van der Waals surface area contributed by atoms with Gasteiger partial charge in [-0.25, -0.2) is 17.9 Å². The third kappa shape index (κ3) is 4.32. The van der Waals surface area contributed by atoms with E-state index < -0.39 is 22.2 Å². The summed E-state index contributed by atoms with van der Waals surface area (Å²) in [5, 5.41) is 0. The Labute approximate surface area is 157 Å². The van der Waals surface area contributed by atoms with Gasteiger partial charge in [0.15, 0.2) is 0 Å². The number of carbonyl (C=O) groups excluding carboxylic acids is 1. The molecule has 1 atom stereocenters. The monoisotopic (exact) mass is 392 g/mol. The molecule has 1 heterocycles. The number of benzene rings is 2. The fourth-order valence-corrected chi connectivity index (χ4v) is 3.72. The van der Waals surface area contributed by atoms with Crippen molar-refractivity contribution >= 4 is 21.8 Å². The van der Waals surface area contributed by atoms with Crippen LogP contribution >= 0.6 is 0 Å². The fraction of sp³-hybridized carbons (Fsp3) is 0.278. The number of sulfonamides is 1. The lowest BCUT2D eigenvalue weighted by atomic mass is 10.2. The van der Waals surface area contributed by atoms with Gasteiger partial charge in [-0.15, -0.1) is 0 Å². The Kier molecular flexibility index (Phi) is 5.52. The van der Waals surface area contributed by atoms with Gasteiger partial charge in [-0.05, 0) is 36.4 Å². The van der Waals surface area contributed by atoms with Crippen LogP contribution in [0, 0.1) is 0 Å². The van der Waals surface area contributed by atoms with E-state index in [0.29, 0.717) is 17.2 Å². The lowest BCUT2D eigenvalue weighted by Crippen LogP contribution is -2.34. The van der Waals surface area contributed by atoms with Crippen LogP contribution in [-0.4, -0.2) is 47.9 Å². The molecule has 0 aliphatic carbocycles. The summed E-state index contributed by atoms with van der Waals surface area (Å²) in [6.45, 7) is 0.206. The minimum atomic E-state index is -3.72. The van der Waals surface area contributed by atoms with Crippen LogP contribution in [0.15, 0.2) is 53.4 Å². The number of hydrogen-bond acceptors (Lipinski definition) is 6. The van der Waals surface area contributed by atoms with E-state index in [1.807, 2.05) is 0 Å². The molecule has 0 aromatic heterocycles. The number of amides is 1. The Hall–Kier alpha value is -2.78. The third-order valence-electron chi connectivity index (χ3n) is 4.11. The second-order valence-corrected chi connectivity index (χ2v) is 7.61. The van der Waals surface area contributed by atoms with Crippen molar-refractivity contribution in [1.82, 2.24) is 4.72 Å². The molecule has 0 bridgehead atoms. The molecular formula is C18H20N2O6S. The molecule has 1 N–H and O–H groups in total. The van der Waals surface area contributed by atoms with Crippen LogP contribution in [0.25, 0.3) is 0 Å². The summed E-state index contributed by atoms with van der Waals surface area (Å²) in [6.07, 6.45) is -1.13. The van der Waals surface area contributed by atoms with E-state index in [0.717, 1.165) is 0 Å². The first-order valence-electron chi connectivity index (χ1n) is 8.19. The normalized spacial score (nSPS) is 16.9. The van der Waals surface area contributed by atoms with E-state index in [9.17, 15) is 13.2 Å². The van der Waals surface area contributed by atoms with Crippen LogP contribution in [-0.2, 0) is 14.8 Å². The summed E-state index contributed by atoms with van der Waals surface area (Å²) in [5.74, 6) is 1.18. The second kappa shape index (κ2) is 7.85. The van der Waals surface area contributed by atoms with Crippen LogP contribution in [0.1, 0.15) is 0 Å². The quantitative estimate of drug-likeness (QED) is 0.775. The topological polar surface area (TPSA) is 94.2 Å². The van der Waals surface area contributed by atoms with Crippen molar-refractivity contribution in [2.24, 2.45) is 0 Å². The summed E-state index contributed by atoms with van der Waals surface area (Å²) in [5.41, 5.74) is 0.625. The summed E-state index contributed by atoms with van der Waals surface area (Å²) in [4.78, 5) is 13.7. The molecule has 8 nitrogen and oxygen atoms in total. The van der Waals surface area contributed by atoms with Crippen molar-refractivity contribution in [3.05, 3.63) is 48.5 Å². The zero-order valence-electron chi connectivity index (χ0n) is 14.9. The minimum Gasteiger partial charge on any atom is -0.497 e. The van der Waals surface area contributed by atoms with Crippen LogP contribution < -0.4 is 19.1 Å². The molecular weight excluding hydrogens is 372 g/mol. The molecule has 2 aromatic rings. The fourth-order valence-electron chi connectivity index (χ4n) is 2.66. The third-order valence-corrected chi connectivity index (χ3v) is 5.55. The molecule has 3 rings (SSSR count). The van der Waals surface area contributed by atoms with Crippen LogP contribution in [0.5, 0.6) is 11.5 Å². The van der Waals surface area contributed by atoms with Gasteiger partial charge in [0.1, 0.15) is 17.6 Å². The number of rotatable bonds is 7. The van der Waals surface area contributed by atoms with E-state index >= 15 is 0 Å². The largest absolute Gasteiger partial charge is 0.497 e. The number of nitrogens with one attached hydrogen (secondary N) is 1. The molecule has 27 heavy (non-hydrogen) atoms. The van der Waals surface area contributed by atoms with E-state index in [1.54, 1.807) is 36.4 Å². The Morgan fingerprint density at radius 2 is 1.81 bits per heavy atom. The Bertz CT molecular complexity index is 914. The molecule has 1 saturated heterocycles. The average molecular weight is 392 g/mol. The molecule has 0 spiro atoms. The van der Waals surface area contributed by atoms with Crippen molar-refractivity contribution < 1.29 is 27.4 Å². The first-order valence-corrected chi connectivity index (χ1v) is 9.67. The number of carbonyl (C=O) groups is 1. The van der Waals surface area contributed by atoms with Gasteiger partial charge in [0.25, 0.3) is 0 Å². The summed E-state index contributed by atoms with van der Waals surface area (Å²) < 4.78 is 42.7. The molecule has 1 amide bonds. The smallest absolute Gasteiger partial charge is 0.414 e. The molecule has 144 valence electrons. The number of methoxy groups -OCH3 is 2. The lowest BCUT2D eigenvalue weighted by molar-refractivity contribution is 0.143. The first-order chi connectivity index (χ1) is 12.9. The van der Waals surface area contributed by atoms with Crippen molar-refractivity contribution in [3.63, 3.8) is 0 Å². The van der Waals surface area contributed by atoms with Crippen LogP contribution in [0.3, 0.4) is 0 Å². The molecule has 1 aliphatic heterocycles. The SMILES string of the molecule is COc1ccc(S(=O)(=O)NCC2CN(c3cccc(OC)c3)C(=O)O2)cc1. The Morgan fingerprint density at radius 1 is 1.11 bits per heavy atom. The van der Waals surface area contributed by atoms with Gasteiger partial charge in [0.05, 0.1) is 31.3 Å². The van der Waals surface area contributed by atoms with Gasteiger partial charge in [-0.3, -0.25) is 4.90 Å². The lowest BCUT2D eigenvalue weighted by Gasteiger charge is -2.14. The van der Waals surface area contributed by atoms with Gasteiger partial charge in [0, 0.05) is 12.6 Å². The van der Waals surface area contributed by atoms with Crippen molar-refractivity contribution in [2.75, 3.05) is 32.2 Å². The van der Waals surface area contributed by atoms with E-state index in [4.69, 9.17) is 14.2 Å². The number of ether oxygens (including phenoxy) is 3. The molecule has 1 aliphatic rings. The standard InChI is InChI=1S/C18H20N2O6S/c1-24-14-6-8-17(9-7-14)27(22,23)19-11-16-12-20(18(21)26-16)13-4-3-5-15(10-13)25-2/h3-10,16,19H,11-12H2,1-2H3. The maximum absolute atomic E-state index is 12.4. The predicted molar refractivity (Wildman–Crippen MR) is 98.8 cm³/mol. The second-order valence-electron chi connectivity index (χ2n) is 5.85. The van der Waals surface area contributed by atoms with Crippen LogP contribution in [0.2, 0.25) is 0 Å². The van der Waals surface area contributed by atoms with Crippen molar-refractivity contribution in [3.8, 4) is 11.5 Å². The predicted octanol–water partition coefficient (Wildman–Crippen LogP) is 2.01. The van der Waals surface area contributed by atoms with Gasteiger partial charge in [-0.2, -0.15) is 0 Å². The summed E-state index contributed by atoms with van der Waals surface area (Å²) in [6, 6.07) is 13.0. The van der Waals surface area contributed by atoms with Crippen molar-refractivity contribution in [2.45, 2.75) is 11.0 Å². The molecule has 9 heteroatoms. The zero-order chi connectivity index (χ0) is 19.4. The van der Waals surface area contributed by atoms with Gasteiger partial charge in [0.2, 0.25) is 10.0 Å². The zero-order valence-corrected chi connectivity index (χ0v) is 15.7. The summed E-state index contributed by atoms with van der Waals surface area (Å²) in [7, 11) is -0.674. The highest BCUT2D eigenvalue weighted by atomic mass is 32.2. The number of nitrogens with zero attached hydrogens (tertiary/aromatic N) is 1. The highest BCUT2D eigenvalue weighted by Crippen LogP contribution is 2.25. The molecule has 0 saturated carbocycles. The number of hydrogen-bond donors (Lipinski definition) is 1. The van der Waals surface area contributed by atoms with Crippen molar-refractivity contribution in [1.29, 1.82) is 0 Å². The van der Waals surface area contributed by atoms with E-state index in [-0.39, 0.29) is 18.0 Å². The maximum Gasteiger partial charge on any atom is 0.414 e. The van der Waals surface area contributed by atoms with Gasteiger partial charge in [-0.1, -0.05) is 6.07 Å². The van der Waals surface area contributed by atoms with Gasteiger partial charge < -0.3 is 14.2 Å². The Morgan fingerprint density at radius 3 is 2.48 bits per heavy atom.